The summed E-state index contributed by atoms with van der Waals surface area (Å²) < 4.78 is 7.13. The first-order valence-electron chi connectivity index (χ1n) is 9.57. The van der Waals surface area contributed by atoms with E-state index >= 15 is 0 Å². The van der Waals surface area contributed by atoms with Crippen molar-refractivity contribution in [2.24, 2.45) is 0 Å². The van der Waals surface area contributed by atoms with E-state index in [1.807, 2.05) is 29.8 Å². The normalized spacial score (nSPS) is 13.4. The number of carbonyl (C=O) groups is 2. The van der Waals surface area contributed by atoms with Crippen LogP contribution in [0.15, 0.2) is 40.9 Å². The van der Waals surface area contributed by atoms with E-state index in [4.69, 9.17) is 16.1 Å². The smallest absolute Gasteiger partial charge is 0.228 e. The van der Waals surface area contributed by atoms with Crippen LogP contribution in [0.25, 0.3) is 11.3 Å². The minimum absolute atomic E-state index is 0.0589. The number of aromatic nitrogens is 3. The van der Waals surface area contributed by atoms with E-state index in [2.05, 4.69) is 10.3 Å². The van der Waals surface area contributed by atoms with Gasteiger partial charge < -0.3 is 4.52 Å². The van der Waals surface area contributed by atoms with Gasteiger partial charge in [0.25, 0.3) is 0 Å². The number of carbonyl (C=O) groups excluding carboxylic acids is 2. The molecule has 29 heavy (non-hydrogen) atoms. The van der Waals surface area contributed by atoms with Gasteiger partial charge in [-0.1, -0.05) is 28.9 Å². The highest BCUT2D eigenvalue weighted by molar-refractivity contribution is 6.30. The molecule has 1 amide bonds. The lowest BCUT2D eigenvalue weighted by Crippen LogP contribution is -2.37. The molecule has 0 bridgehead atoms. The van der Waals surface area contributed by atoms with E-state index in [-0.39, 0.29) is 31.0 Å². The molecule has 0 radical (unpaired) electrons. The summed E-state index contributed by atoms with van der Waals surface area (Å²) in [5.74, 6) is 1.17. The van der Waals surface area contributed by atoms with Crippen LogP contribution in [-0.4, -0.2) is 33.2 Å². The van der Waals surface area contributed by atoms with Crippen LogP contribution in [0.1, 0.15) is 30.7 Å². The van der Waals surface area contributed by atoms with E-state index in [1.165, 1.54) is 0 Å². The van der Waals surface area contributed by atoms with Crippen LogP contribution in [0.4, 0.5) is 5.82 Å². The number of fused-ring (bicyclic) bond motifs is 1. The van der Waals surface area contributed by atoms with Crippen molar-refractivity contribution in [3.8, 4) is 11.3 Å². The molecule has 4 rings (SSSR count). The van der Waals surface area contributed by atoms with Crippen LogP contribution in [0.5, 0.6) is 0 Å². The quantitative estimate of drug-likeness (QED) is 0.614. The summed E-state index contributed by atoms with van der Waals surface area (Å²) in [5.41, 5.74) is 2.34. The summed E-state index contributed by atoms with van der Waals surface area (Å²) in [4.78, 5) is 26.7. The van der Waals surface area contributed by atoms with Gasteiger partial charge in [-0.25, -0.2) is 4.68 Å². The van der Waals surface area contributed by atoms with E-state index in [9.17, 15) is 9.59 Å². The van der Waals surface area contributed by atoms with Gasteiger partial charge >= 0.3 is 0 Å². The standard InChI is InChI=1S/C21H21ClN4O3/c1-14-10-20-25(8-3-9-26(20)23-14)21(28)7-6-17(27)12-18-13-19(24-29-18)15-4-2-5-16(22)11-15/h2,4-5,10-11,13H,3,6-9,12H2,1H3. The van der Waals surface area contributed by atoms with Crippen molar-refractivity contribution in [1.29, 1.82) is 0 Å². The van der Waals surface area contributed by atoms with Gasteiger partial charge in [-0.05, 0) is 25.5 Å². The Kier molecular flexibility index (Phi) is 5.49. The van der Waals surface area contributed by atoms with Crippen LogP contribution in [0, 0.1) is 6.92 Å². The molecule has 0 saturated heterocycles. The first-order chi connectivity index (χ1) is 14.0. The molecule has 0 fully saturated rings. The minimum Gasteiger partial charge on any atom is -0.360 e. The summed E-state index contributed by atoms with van der Waals surface area (Å²) in [6.07, 6.45) is 1.30. The van der Waals surface area contributed by atoms with E-state index in [0.29, 0.717) is 23.0 Å². The first-order valence-corrected chi connectivity index (χ1v) is 9.95. The lowest BCUT2D eigenvalue weighted by molar-refractivity contribution is -0.124. The maximum absolute atomic E-state index is 12.6. The van der Waals surface area contributed by atoms with Crippen LogP contribution < -0.4 is 4.90 Å². The summed E-state index contributed by atoms with van der Waals surface area (Å²) in [7, 11) is 0. The lowest BCUT2D eigenvalue weighted by atomic mass is 10.1. The van der Waals surface area contributed by atoms with E-state index < -0.39 is 0 Å². The van der Waals surface area contributed by atoms with Crippen LogP contribution >= 0.6 is 11.6 Å². The molecule has 7 nitrogen and oxygen atoms in total. The summed E-state index contributed by atoms with van der Waals surface area (Å²) in [6, 6.07) is 10.9. The number of ketones is 1. The predicted octanol–water partition coefficient (Wildman–Crippen LogP) is 3.83. The van der Waals surface area contributed by atoms with Gasteiger partial charge in [-0.15, -0.1) is 0 Å². The number of hydrogen-bond donors (Lipinski definition) is 0. The molecule has 0 spiro atoms. The molecule has 0 aliphatic carbocycles. The second-order valence-corrected chi connectivity index (χ2v) is 7.61. The van der Waals surface area contributed by atoms with Crippen molar-refractivity contribution >= 4 is 29.1 Å². The SMILES string of the molecule is Cc1cc2n(n1)CCCN2C(=O)CCC(=O)Cc1cc(-c2cccc(Cl)c2)no1. The molecule has 1 aliphatic heterocycles. The zero-order valence-corrected chi connectivity index (χ0v) is 16.9. The second-order valence-electron chi connectivity index (χ2n) is 7.17. The Morgan fingerprint density at radius 1 is 1.17 bits per heavy atom. The lowest BCUT2D eigenvalue weighted by Gasteiger charge is -2.27. The van der Waals surface area contributed by atoms with E-state index in [0.717, 1.165) is 30.0 Å². The fraction of sp³-hybridized carbons (Fsp3) is 0.333. The van der Waals surface area contributed by atoms with Gasteiger partial charge in [-0.2, -0.15) is 5.10 Å². The fourth-order valence-electron chi connectivity index (χ4n) is 3.50. The highest BCUT2D eigenvalue weighted by Gasteiger charge is 2.24. The Bertz CT molecular complexity index is 1060. The molecule has 1 aromatic carbocycles. The molecule has 0 atom stereocenters. The Balaban J connectivity index is 1.33. The molecular formula is C21H21ClN4O3. The number of nitrogens with zero attached hydrogens (tertiary/aromatic N) is 4. The third kappa shape index (κ3) is 4.40. The minimum atomic E-state index is -0.0613. The third-order valence-electron chi connectivity index (χ3n) is 4.88. The highest BCUT2D eigenvalue weighted by atomic mass is 35.5. The molecule has 1 aliphatic rings. The van der Waals surface area contributed by atoms with Crippen molar-refractivity contribution < 1.29 is 14.1 Å². The molecule has 2 aromatic heterocycles. The fourth-order valence-corrected chi connectivity index (χ4v) is 3.69. The van der Waals surface area contributed by atoms with Crippen molar-refractivity contribution in [3.63, 3.8) is 0 Å². The Labute approximate surface area is 173 Å². The van der Waals surface area contributed by atoms with Gasteiger partial charge in [0.1, 0.15) is 23.1 Å². The number of rotatable bonds is 6. The maximum atomic E-state index is 12.6. The molecule has 0 saturated carbocycles. The number of halogens is 1. The molecule has 0 N–H and O–H groups in total. The average molecular weight is 413 g/mol. The molecule has 0 unspecified atom stereocenters. The topological polar surface area (TPSA) is 81.2 Å². The Hall–Kier alpha value is -2.93. The largest absolute Gasteiger partial charge is 0.360 e. The zero-order chi connectivity index (χ0) is 20.4. The number of amides is 1. The Morgan fingerprint density at radius 2 is 2.03 bits per heavy atom. The summed E-state index contributed by atoms with van der Waals surface area (Å²) in [6.45, 7) is 3.38. The monoisotopic (exact) mass is 412 g/mol. The number of Topliss-reactive ketones (excluding diaryl/α,β-unsaturated/α-hetero) is 1. The van der Waals surface area contributed by atoms with Gasteiger partial charge in [0, 0.05) is 48.6 Å². The number of anilines is 1. The summed E-state index contributed by atoms with van der Waals surface area (Å²) >= 11 is 6.00. The molecule has 8 heteroatoms. The van der Waals surface area contributed by atoms with Crippen molar-refractivity contribution in [1.82, 2.24) is 14.9 Å². The van der Waals surface area contributed by atoms with Gasteiger partial charge in [-0.3, -0.25) is 14.5 Å². The number of aryl methyl sites for hydroxylation is 2. The molecule has 150 valence electrons. The highest BCUT2D eigenvalue weighted by Crippen LogP contribution is 2.24. The van der Waals surface area contributed by atoms with E-state index in [1.54, 1.807) is 23.1 Å². The molecular weight excluding hydrogens is 392 g/mol. The maximum Gasteiger partial charge on any atom is 0.228 e. The van der Waals surface area contributed by atoms with Gasteiger partial charge in [0.15, 0.2) is 0 Å². The van der Waals surface area contributed by atoms with Crippen LogP contribution in [0.2, 0.25) is 5.02 Å². The second kappa shape index (κ2) is 8.21. The Morgan fingerprint density at radius 3 is 2.86 bits per heavy atom. The van der Waals surface area contributed by atoms with Crippen molar-refractivity contribution in [2.45, 2.75) is 39.2 Å². The number of hydrogen-bond acceptors (Lipinski definition) is 5. The van der Waals surface area contributed by atoms with Crippen LogP contribution in [0.3, 0.4) is 0 Å². The predicted molar refractivity (Wildman–Crippen MR) is 109 cm³/mol. The molecule has 3 aromatic rings. The average Bonchev–Trinajstić information content (AvgIpc) is 3.31. The summed E-state index contributed by atoms with van der Waals surface area (Å²) in [5, 5.41) is 9.01. The van der Waals surface area contributed by atoms with Crippen LogP contribution in [-0.2, 0) is 22.6 Å². The number of benzene rings is 1. The van der Waals surface area contributed by atoms with Gasteiger partial charge in [0.05, 0.1) is 12.1 Å². The molecule has 3 heterocycles. The first kappa shape index (κ1) is 19.4. The van der Waals surface area contributed by atoms with Crippen molar-refractivity contribution in [3.05, 3.63) is 52.9 Å². The van der Waals surface area contributed by atoms with Gasteiger partial charge in [0.2, 0.25) is 5.91 Å². The zero-order valence-electron chi connectivity index (χ0n) is 16.1. The van der Waals surface area contributed by atoms with Crippen molar-refractivity contribution in [2.75, 3.05) is 11.4 Å². The third-order valence-corrected chi connectivity index (χ3v) is 5.11.